The summed E-state index contributed by atoms with van der Waals surface area (Å²) >= 11 is 1.03. The van der Waals surface area contributed by atoms with Gasteiger partial charge < -0.3 is 10.1 Å². The Hall–Kier alpha value is -1.70. The Balaban J connectivity index is 2.68. The molecule has 0 spiro atoms. The largest absolute Gasteiger partial charge is 0.462 e. The number of hydrogen-bond acceptors (Lipinski definition) is 5. The molecule has 130 valence electrons. The average Bonchev–Trinajstić information content (AvgIpc) is 2.95. The predicted octanol–water partition coefficient (Wildman–Crippen LogP) is 2.97. The topological polar surface area (TPSA) is 85.3 Å². The van der Waals surface area contributed by atoms with Gasteiger partial charge in [0, 0.05) is 31.2 Å². The molecule has 0 fully saturated rings. The Morgan fingerprint density at radius 2 is 2.00 bits per heavy atom. The van der Waals surface area contributed by atoms with E-state index in [2.05, 4.69) is 29.0 Å². The van der Waals surface area contributed by atoms with Crippen molar-refractivity contribution in [2.75, 3.05) is 13.2 Å². The number of aromatic nitrogens is 2. The molecule has 0 aliphatic heterocycles. The maximum absolute atomic E-state index is 12.0. The molecule has 0 saturated heterocycles. The highest BCUT2D eigenvalue weighted by atomic mass is 32.2. The maximum atomic E-state index is 12.0. The molecule has 1 aromatic rings. The van der Waals surface area contributed by atoms with Crippen molar-refractivity contribution < 1.29 is 14.3 Å². The first-order valence-electron chi connectivity index (χ1n) is 8.07. The SMILES string of the molecule is CCCCNC(=O)NSc1nn(CCCC)cc1C(=O)OCC. The number of esters is 1. The Kier molecular flexibility index (Phi) is 9.20. The van der Waals surface area contributed by atoms with Crippen LogP contribution in [0.1, 0.15) is 56.8 Å². The molecule has 0 aliphatic carbocycles. The third-order valence-corrected chi connectivity index (χ3v) is 3.80. The number of nitrogens with zero attached hydrogens (tertiary/aromatic N) is 2. The molecule has 0 bridgehead atoms. The van der Waals surface area contributed by atoms with Crippen molar-refractivity contribution in [1.29, 1.82) is 0 Å². The first-order chi connectivity index (χ1) is 11.1. The van der Waals surface area contributed by atoms with E-state index in [1.165, 1.54) is 0 Å². The third-order valence-electron chi connectivity index (χ3n) is 3.02. The number of carbonyl (C=O) groups is 2. The zero-order chi connectivity index (χ0) is 17.1. The van der Waals surface area contributed by atoms with Crippen LogP contribution in [0.2, 0.25) is 0 Å². The number of nitrogens with one attached hydrogen (secondary N) is 2. The van der Waals surface area contributed by atoms with Gasteiger partial charge in [0.25, 0.3) is 0 Å². The van der Waals surface area contributed by atoms with Gasteiger partial charge in [-0.1, -0.05) is 26.7 Å². The van der Waals surface area contributed by atoms with Crippen molar-refractivity contribution in [2.45, 2.75) is 58.0 Å². The summed E-state index contributed by atoms with van der Waals surface area (Å²) in [5.74, 6) is -0.425. The second-order valence-electron chi connectivity index (χ2n) is 5.00. The smallest absolute Gasteiger partial charge is 0.342 e. The fourth-order valence-electron chi connectivity index (χ4n) is 1.77. The standard InChI is InChI=1S/C15H26N4O3S/c1-4-7-9-16-15(21)18-23-13-12(14(20)22-6-3)11-19(17-13)10-8-5-2/h11H,4-10H2,1-3H3,(H2,16,18,21). The molecule has 0 radical (unpaired) electrons. The van der Waals surface area contributed by atoms with Gasteiger partial charge in [-0.2, -0.15) is 5.10 Å². The predicted molar refractivity (Wildman–Crippen MR) is 90.4 cm³/mol. The Morgan fingerprint density at radius 1 is 1.26 bits per heavy atom. The zero-order valence-corrected chi connectivity index (χ0v) is 14.9. The lowest BCUT2D eigenvalue weighted by molar-refractivity contribution is 0.0522. The number of hydrogen-bond donors (Lipinski definition) is 2. The number of rotatable bonds is 10. The van der Waals surface area contributed by atoms with E-state index in [-0.39, 0.29) is 6.03 Å². The molecule has 7 nitrogen and oxygen atoms in total. The van der Waals surface area contributed by atoms with Crippen molar-refractivity contribution in [3.05, 3.63) is 11.8 Å². The van der Waals surface area contributed by atoms with Gasteiger partial charge >= 0.3 is 12.0 Å². The van der Waals surface area contributed by atoms with Crippen molar-refractivity contribution in [3.8, 4) is 0 Å². The van der Waals surface area contributed by atoms with Crippen molar-refractivity contribution in [3.63, 3.8) is 0 Å². The van der Waals surface area contributed by atoms with Crippen LogP contribution in [0.15, 0.2) is 11.2 Å². The minimum Gasteiger partial charge on any atom is -0.462 e. The lowest BCUT2D eigenvalue weighted by Gasteiger charge is -2.05. The maximum Gasteiger partial charge on any atom is 0.342 e. The van der Waals surface area contributed by atoms with Crippen LogP contribution in [0, 0.1) is 0 Å². The van der Waals surface area contributed by atoms with Crippen LogP contribution in [0.25, 0.3) is 0 Å². The summed E-state index contributed by atoms with van der Waals surface area (Å²) < 4.78 is 9.40. The quantitative estimate of drug-likeness (QED) is 0.388. The first kappa shape index (κ1) is 19.3. The molecular formula is C15H26N4O3S. The van der Waals surface area contributed by atoms with Gasteiger partial charge in [-0.25, -0.2) is 9.59 Å². The molecule has 0 aromatic carbocycles. The van der Waals surface area contributed by atoms with E-state index in [0.29, 0.717) is 23.7 Å². The number of urea groups is 1. The van der Waals surface area contributed by atoms with E-state index in [1.807, 2.05) is 0 Å². The van der Waals surface area contributed by atoms with Crippen molar-refractivity contribution >= 4 is 23.9 Å². The van der Waals surface area contributed by atoms with Gasteiger partial charge in [0.05, 0.1) is 6.61 Å². The molecule has 1 aromatic heterocycles. The number of amides is 2. The molecule has 0 aliphatic rings. The lowest BCUT2D eigenvalue weighted by atomic mass is 10.3. The first-order valence-corrected chi connectivity index (χ1v) is 8.89. The Labute approximate surface area is 141 Å². The Morgan fingerprint density at radius 3 is 2.65 bits per heavy atom. The molecule has 1 heterocycles. The van der Waals surface area contributed by atoms with Crippen LogP contribution in [0.4, 0.5) is 4.79 Å². The fourth-order valence-corrected chi connectivity index (χ4v) is 2.43. The van der Waals surface area contributed by atoms with Crippen LogP contribution in [-0.4, -0.2) is 34.9 Å². The fraction of sp³-hybridized carbons (Fsp3) is 0.667. The van der Waals surface area contributed by atoms with Crippen LogP contribution in [-0.2, 0) is 11.3 Å². The van der Waals surface area contributed by atoms with Gasteiger partial charge in [0.2, 0.25) is 0 Å². The number of ether oxygens (including phenoxy) is 1. The molecule has 0 unspecified atom stereocenters. The van der Waals surface area contributed by atoms with E-state index in [9.17, 15) is 9.59 Å². The summed E-state index contributed by atoms with van der Waals surface area (Å²) in [5, 5.41) is 7.55. The molecule has 0 atom stereocenters. The lowest BCUT2D eigenvalue weighted by Crippen LogP contribution is -2.32. The van der Waals surface area contributed by atoms with Crippen molar-refractivity contribution in [2.24, 2.45) is 0 Å². The third kappa shape index (κ3) is 6.94. The second-order valence-corrected chi connectivity index (χ2v) is 5.79. The highest BCUT2D eigenvalue weighted by Crippen LogP contribution is 2.19. The van der Waals surface area contributed by atoms with Gasteiger partial charge in [-0.05, 0) is 19.8 Å². The number of unbranched alkanes of at least 4 members (excludes halogenated alkanes) is 2. The van der Waals surface area contributed by atoms with Crippen LogP contribution >= 0.6 is 11.9 Å². The van der Waals surface area contributed by atoms with Gasteiger partial charge in [0.15, 0.2) is 5.03 Å². The number of carbonyl (C=O) groups excluding carboxylic acids is 2. The molecule has 8 heteroatoms. The zero-order valence-electron chi connectivity index (χ0n) is 14.1. The monoisotopic (exact) mass is 342 g/mol. The summed E-state index contributed by atoms with van der Waals surface area (Å²) in [6.07, 6.45) is 5.63. The van der Waals surface area contributed by atoms with Gasteiger partial charge in [-0.15, -0.1) is 0 Å². The normalized spacial score (nSPS) is 10.4. The number of aryl methyl sites for hydroxylation is 1. The average molecular weight is 342 g/mol. The second kappa shape index (κ2) is 10.9. The molecule has 2 amide bonds. The minimum atomic E-state index is -0.425. The van der Waals surface area contributed by atoms with Crippen molar-refractivity contribution in [1.82, 2.24) is 19.8 Å². The van der Waals surface area contributed by atoms with Gasteiger partial charge in [0.1, 0.15) is 5.56 Å². The highest BCUT2D eigenvalue weighted by molar-refractivity contribution is 7.98. The summed E-state index contributed by atoms with van der Waals surface area (Å²) in [7, 11) is 0. The molecule has 23 heavy (non-hydrogen) atoms. The minimum absolute atomic E-state index is 0.290. The van der Waals surface area contributed by atoms with Crippen LogP contribution in [0.5, 0.6) is 0 Å². The highest BCUT2D eigenvalue weighted by Gasteiger charge is 2.19. The summed E-state index contributed by atoms with van der Waals surface area (Å²) in [5.41, 5.74) is 0.377. The summed E-state index contributed by atoms with van der Waals surface area (Å²) in [6, 6.07) is -0.290. The molecule has 0 saturated carbocycles. The molecular weight excluding hydrogens is 316 g/mol. The summed E-state index contributed by atoms with van der Waals surface area (Å²) in [4.78, 5) is 23.7. The van der Waals surface area contributed by atoms with E-state index >= 15 is 0 Å². The van der Waals surface area contributed by atoms with E-state index in [4.69, 9.17) is 4.74 Å². The molecule has 2 N–H and O–H groups in total. The summed E-state index contributed by atoms with van der Waals surface area (Å²) in [6.45, 7) is 7.56. The Bertz CT molecular complexity index is 505. The molecule has 1 rings (SSSR count). The van der Waals surface area contributed by atoms with Gasteiger partial charge in [-0.3, -0.25) is 9.40 Å². The van der Waals surface area contributed by atoms with Crippen LogP contribution < -0.4 is 10.0 Å². The van der Waals surface area contributed by atoms with E-state index in [1.54, 1.807) is 17.8 Å². The van der Waals surface area contributed by atoms with Crippen LogP contribution in [0.3, 0.4) is 0 Å². The van der Waals surface area contributed by atoms with E-state index < -0.39 is 5.97 Å². The van der Waals surface area contributed by atoms with E-state index in [0.717, 1.165) is 44.2 Å².